The van der Waals surface area contributed by atoms with Crippen molar-refractivity contribution in [1.29, 1.82) is 0 Å². The largest absolute Gasteiger partial charge is 0.481 e. The average molecular weight is 287 g/mol. The maximum absolute atomic E-state index is 13.9. The molecule has 0 bridgehead atoms. The Labute approximate surface area is 123 Å². The van der Waals surface area contributed by atoms with E-state index in [1.807, 2.05) is 13.0 Å². The van der Waals surface area contributed by atoms with Gasteiger partial charge in [0.1, 0.15) is 11.2 Å². The smallest absolute Gasteiger partial charge is 0.315 e. The van der Waals surface area contributed by atoms with Crippen molar-refractivity contribution in [1.82, 2.24) is 0 Å². The van der Waals surface area contributed by atoms with Crippen molar-refractivity contribution >= 4 is 5.97 Å². The predicted octanol–water partition coefficient (Wildman–Crippen LogP) is 2.66. The summed E-state index contributed by atoms with van der Waals surface area (Å²) in [6, 6.07) is 13.4. The molecule has 0 aliphatic heterocycles. The summed E-state index contributed by atoms with van der Waals surface area (Å²) < 4.78 is 13.9. The van der Waals surface area contributed by atoms with Crippen LogP contribution in [-0.4, -0.2) is 17.6 Å². The summed E-state index contributed by atoms with van der Waals surface area (Å²) in [6.45, 7) is 1.79. The van der Waals surface area contributed by atoms with E-state index in [4.69, 9.17) is 5.73 Å². The summed E-state index contributed by atoms with van der Waals surface area (Å²) in [5, 5.41) is 9.72. The lowest BCUT2D eigenvalue weighted by Crippen LogP contribution is -2.45. The molecular formula is C17H18FNO2. The van der Waals surface area contributed by atoms with Gasteiger partial charge in [0.05, 0.1) is 0 Å². The highest BCUT2D eigenvalue weighted by atomic mass is 19.1. The van der Waals surface area contributed by atoms with Gasteiger partial charge in [0.15, 0.2) is 0 Å². The topological polar surface area (TPSA) is 63.3 Å². The lowest BCUT2D eigenvalue weighted by atomic mass is 9.75. The second-order valence-corrected chi connectivity index (χ2v) is 5.23. The zero-order valence-electron chi connectivity index (χ0n) is 11.8. The molecule has 0 saturated heterocycles. The molecule has 2 rings (SSSR count). The van der Waals surface area contributed by atoms with Gasteiger partial charge in [0, 0.05) is 6.54 Å². The fraction of sp³-hybridized carbons (Fsp3) is 0.235. The highest BCUT2D eigenvalue weighted by Crippen LogP contribution is 2.30. The van der Waals surface area contributed by atoms with Crippen LogP contribution >= 0.6 is 0 Å². The van der Waals surface area contributed by atoms with Gasteiger partial charge >= 0.3 is 5.97 Å². The molecule has 2 aromatic carbocycles. The van der Waals surface area contributed by atoms with E-state index in [0.29, 0.717) is 11.1 Å². The van der Waals surface area contributed by atoms with Crippen LogP contribution in [0.5, 0.6) is 0 Å². The Balaban J connectivity index is 2.53. The quantitative estimate of drug-likeness (QED) is 0.888. The summed E-state index contributed by atoms with van der Waals surface area (Å²) in [6.07, 6.45) is 0.0228. The number of carboxylic acids is 1. The van der Waals surface area contributed by atoms with Crippen LogP contribution in [-0.2, 0) is 16.6 Å². The third-order valence-corrected chi connectivity index (χ3v) is 3.78. The SMILES string of the molecule is Cc1cccc(C(CN)(Cc2ccccc2F)C(=O)O)c1. The molecule has 0 fully saturated rings. The van der Waals surface area contributed by atoms with E-state index in [0.717, 1.165) is 5.56 Å². The molecule has 0 saturated carbocycles. The van der Waals surface area contributed by atoms with Crippen LogP contribution in [0.25, 0.3) is 0 Å². The molecule has 110 valence electrons. The maximum Gasteiger partial charge on any atom is 0.315 e. The molecule has 0 aliphatic rings. The molecule has 4 heteroatoms. The van der Waals surface area contributed by atoms with Gasteiger partial charge in [-0.3, -0.25) is 4.79 Å². The first-order valence-electron chi connectivity index (χ1n) is 6.73. The molecule has 0 aliphatic carbocycles. The number of rotatable bonds is 5. The molecule has 2 aromatic rings. The van der Waals surface area contributed by atoms with Crippen LogP contribution in [0.15, 0.2) is 48.5 Å². The second kappa shape index (κ2) is 6.06. The number of hydrogen-bond donors (Lipinski definition) is 2. The number of carboxylic acid groups (broad SMARTS) is 1. The van der Waals surface area contributed by atoms with Gasteiger partial charge in [0.2, 0.25) is 0 Å². The standard InChI is InChI=1S/C17H18FNO2/c1-12-5-4-7-14(9-12)17(11-19,16(20)21)10-13-6-2-3-8-15(13)18/h2-9H,10-11,19H2,1H3,(H,20,21). The third-order valence-electron chi connectivity index (χ3n) is 3.78. The molecule has 0 spiro atoms. The predicted molar refractivity (Wildman–Crippen MR) is 79.7 cm³/mol. The van der Waals surface area contributed by atoms with E-state index in [1.54, 1.807) is 36.4 Å². The first kappa shape index (κ1) is 15.2. The Hall–Kier alpha value is -2.20. The first-order chi connectivity index (χ1) is 9.99. The van der Waals surface area contributed by atoms with Crippen molar-refractivity contribution in [3.8, 4) is 0 Å². The molecule has 0 aromatic heterocycles. The number of hydrogen-bond acceptors (Lipinski definition) is 2. The fourth-order valence-electron chi connectivity index (χ4n) is 2.49. The minimum absolute atomic E-state index is 0.0228. The minimum atomic E-state index is -1.33. The normalized spacial score (nSPS) is 13.7. The number of nitrogens with two attached hydrogens (primary N) is 1. The highest BCUT2D eigenvalue weighted by molar-refractivity contribution is 5.82. The van der Waals surface area contributed by atoms with E-state index in [-0.39, 0.29) is 13.0 Å². The fourth-order valence-corrected chi connectivity index (χ4v) is 2.49. The van der Waals surface area contributed by atoms with Gasteiger partial charge < -0.3 is 10.8 Å². The van der Waals surface area contributed by atoms with Crippen LogP contribution in [0, 0.1) is 12.7 Å². The van der Waals surface area contributed by atoms with E-state index < -0.39 is 17.2 Å². The molecule has 3 nitrogen and oxygen atoms in total. The van der Waals surface area contributed by atoms with Crippen molar-refractivity contribution in [3.05, 3.63) is 71.0 Å². The highest BCUT2D eigenvalue weighted by Gasteiger charge is 2.40. The number of carbonyl (C=O) groups is 1. The summed E-state index contributed by atoms with van der Waals surface area (Å²) in [5.74, 6) is -1.46. The second-order valence-electron chi connectivity index (χ2n) is 5.23. The lowest BCUT2D eigenvalue weighted by Gasteiger charge is -2.29. The van der Waals surface area contributed by atoms with E-state index in [9.17, 15) is 14.3 Å². The van der Waals surface area contributed by atoms with Crippen LogP contribution in [0.1, 0.15) is 16.7 Å². The zero-order chi connectivity index (χ0) is 15.5. The molecule has 0 heterocycles. The molecule has 21 heavy (non-hydrogen) atoms. The molecule has 1 atom stereocenters. The number of halogens is 1. The monoisotopic (exact) mass is 287 g/mol. The Kier molecular flexibility index (Phi) is 4.38. The molecule has 1 unspecified atom stereocenters. The van der Waals surface area contributed by atoms with E-state index in [2.05, 4.69) is 0 Å². The Morgan fingerprint density at radius 1 is 1.24 bits per heavy atom. The van der Waals surface area contributed by atoms with Crippen molar-refractivity contribution in [2.24, 2.45) is 5.73 Å². The number of aryl methyl sites for hydroxylation is 1. The molecule has 0 amide bonds. The summed E-state index contributed by atoms with van der Waals surface area (Å²) in [4.78, 5) is 11.9. The number of benzene rings is 2. The van der Waals surface area contributed by atoms with Gasteiger partial charge in [-0.1, -0.05) is 48.0 Å². The Morgan fingerprint density at radius 3 is 2.52 bits per heavy atom. The Morgan fingerprint density at radius 2 is 1.95 bits per heavy atom. The van der Waals surface area contributed by atoms with Gasteiger partial charge in [-0.05, 0) is 30.5 Å². The van der Waals surface area contributed by atoms with Crippen LogP contribution in [0.4, 0.5) is 4.39 Å². The Bertz CT molecular complexity index is 657. The van der Waals surface area contributed by atoms with Crippen molar-refractivity contribution < 1.29 is 14.3 Å². The third kappa shape index (κ3) is 2.95. The van der Waals surface area contributed by atoms with Crippen LogP contribution in [0.2, 0.25) is 0 Å². The molecule has 3 N–H and O–H groups in total. The van der Waals surface area contributed by atoms with E-state index in [1.165, 1.54) is 6.07 Å². The van der Waals surface area contributed by atoms with Crippen LogP contribution < -0.4 is 5.73 Å². The maximum atomic E-state index is 13.9. The van der Waals surface area contributed by atoms with Gasteiger partial charge in [-0.15, -0.1) is 0 Å². The molecular weight excluding hydrogens is 269 g/mol. The summed E-state index contributed by atoms with van der Waals surface area (Å²) >= 11 is 0. The minimum Gasteiger partial charge on any atom is -0.481 e. The first-order valence-corrected chi connectivity index (χ1v) is 6.73. The van der Waals surface area contributed by atoms with Crippen LogP contribution in [0.3, 0.4) is 0 Å². The zero-order valence-corrected chi connectivity index (χ0v) is 11.8. The molecule has 0 radical (unpaired) electrons. The number of aliphatic carboxylic acids is 1. The van der Waals surface area contributed by atoms with Crippen molar-refractivity contribution in [3.63, 3.8) is 0 Å². The summed E-state index contributed by atoms with van der Waals surface area (Å²) in [7, 11) is 0. The van der Waals surface area contributed by atoms with E-state index >= 15 is 0 Å². The average Bonchev–Trinajstić information content (AvgIpc) is 2.46. The lowest BCUT2D eigenvalue weighted by molar-refractivity contribution is -0.143. The van der Waals surface area contributed by atoms with Gasteiger partial charge in [-0.25, -0.2) is 4.39 Å². The van der Waals surface area contributed by atoms with Crippen molar-refractivity contribution in [2.75, 3.05) is 6.54 Å². The van der Waals surface area contributed by atoms with Gasteiger partial charge in [0.25, 0.3) is 0 Å². The van der Waals surface area contributed by atoms with Gasteiger partial charge in [-0.2, -0.15) is 0 Å². The summed E-state index contributed by atoms with van der Waals surface area (Å²) in [5.41, 5.74) is 6.36. The van der Waals surface area contributed by atoms with Crippen molar-refractivity contribution in [2.45, 2.75) is 18.8 Å².